The van der Waals surface area contributed by atoms with E-state index in [4.69, 9.17) is 9.47 Å². The van der Waals surface area contributed by atoms with Crippen molar-refractivity contribution in [3.8, 4) is 0 Å². The molecule has 0 saturated carbocycles. The summed E-state index contributed by atoms with van der Waals surface area (Å²) in [4.78, 5) is 32.1. The second-order valence-electron chi connectivity index (χ2n) is 12.0. The molecule has 1 saturated heterocycles. The number of esters is 1. The zero-order valence-electron chi connectivity index (χ0n) is 27.1. The number of unbranched alkanes of at least 4 members (excludes halogenated alkanes) is 1. The number of H-pyrrole nitrogens is 1. The minimum absolute atomic E-state index is 0.0489. The fourth-order valence-electron chi connectivity index (χ4n) is 5.82. The van der Waals surface area contributed by atoms with Crippen molar-refractivity contribution < 1.29 is 14.3 Å². The topological polar surface area (TPSA) is 91.8 Å². The Hall–Kier alpha value is -3.05. The van der Waals surface area contributed by atoms with Crippen molar-refractivity contribution in [1.29, 1.82) is 0 Å². The second kappa shape index (κ2) is 18.7. The van der Waals surface area contributed by atoms with Gasteiger partial charge in [-0.15, -0.1) is 0 Å². The average Bonchev–Trinajstić information content (AvgIpc) is 3.80. The fraction of sp³-hybridized carbons (Fsp3) is 0.618. The van der Waals surface area contributed by atoms with E-state index in [2.05, 4.69) is 72.3 Å². The van der Waals surface area contributed by atoms with E-state index in [1.807, 2.05) is 25.6 Å². The van der Waals surface area contributed by atoms with Crippen LogP contribution in [0.4, 0.5) is 0 Å². The van der Waals surface area contributed by atoms with Crippen LogP contribution in [-0.2, 0) is 47.5 Å². The second-order valence-corrected chi connectivity index (χ2v) is 12.0. The lowest BCUT2D eigenvalue weighted by Gasteiger charge is -2.24. The van der Waals surface area contributed by atoms with E-state index in [1.165, 1.54) is 24.0 Å². The summed E-state index contributed by atoms with van der Waals surface area (Å²) in [5.41, 5.74) is 2.42. The number of nitrogens with zero attached hydrogens (tertiary/aromatic N) is 6. The van der Waals surface area contributed by atoms with Gasteiger partial charge in [-0.2, -0.15) is 0 Å². The maximum Gasteiger partial charge on any atom is 0.320 e. The van der Waals surface area contributed by atoms with E-state index < -0.39 is 0 Å². The molecule has 1 unspecified atom stereocenters. The largest absolute Gasteiger partial charge is 0.462 e. The van der Waals surface area contributed by atoms with E-state index in [9.17, 15) is 4.79 Å². The van der Waals surface area contributed by atoms with Gasteiger partial charge in [0, 0.05) is 51.5 Å². The summed E-state index contributed by atoms with van der Waals surface area (Å²) >= 11 is 0. The van der Waals surface area contributed by atoms with Gasteiger partial charge in [-0.05, 0) is 75.8 Å². The number of imidazole rings is 2. The highest BCUT2D eigenvalue weighted by molar-refractivity contribution is 5.71. The number of rotatable bonds is 21. The van der Waals surface area contributed by atoms with Crippen molar-refractivity contribution >= 4 is 5.97 Å². The number of carbonyl (C=O) groups excluding carboxylic acids is 1. The SMILES string of the molecule is CCCN(CCC)CCCCN(CC(=O)OCC1CCCO1)Cc1ccc(CN(Cc2ncc[nH]2)Cc2nccn2C)cc1. The van der Waals surface area contributed by atoms with Gasteiger partial charge in [0.25, 0.3) is 0 Å². The van der Waals surface area contributed by atoms with Gasteiger partial charge >= 0.3 is 5.97 Å². The molecule has 0 aliphatic carbocycles. The van der Waals surface area contributed by atoms with Crippen LogP contribution >= 0.6 is 0 Å². The van der Waals surface area contributed by atoms with Crippen molar-refractivity contribution in [3.63, 3.8) is 0 Å². The van der Waals surface area contributed by atoms with E-state index in [0.29, 0.717) is 26.2 Å². The number of aromatic nitrogens is 4. The molecule has 2 aromatic heterocycles. The summed E-state index contributed by atoms with van der Waals surface area (Å²) in [6.07, 6.45) is 14.1. The predicted octanol–water partition coefficient (Wildman–Crippen LogP) is 4.77. The molecule has 0 amide bonds. The van der Waals surface area contributed by atoms with E-state index >= 15 is 0 Å². The van der Waals surface area contributed by atoms with Crippen LogP contribution in [0.1, 0.15) is 75.1 Å². The zero-order valence-corrected chi connectivity index (χ0v) is 27.1. The number of ether oxygens (including phenoxy) is 2. The van der Waals surface area contributed by atoms with Crippen molar-refractivity contribution in [1.82, 2.24) is 34.2 Å². The standard InChI is InChI=1S/C34H53N7O3/c1-4-17-39(18-5-2)19-6-7-20-40(27-34(42)44-28-31-9-8-22-43-31)23-29-10-12-30(13-11-29)24-41(25-32-35-14-15-36-32)26-33-37-16-21-38(33)3/h10-16,21,31H,4-9,17-20,22-28H2,1-3H3,(H,35,36). The van der Waals surface area contributed by atoms with Crippen molar-refractivity contribution in [2.75, 3.05) is 45.9 Å². The number of nitrogens with one attached hydrogen (secondary N) is 1. The molecule has 3 heterocycles. The molecule has 4 rings (SSSR count). The molecule has 1 atom stereocenters. The molecule has 10 heteroatoms. The summed E-state index contributed by atoms with van der Waals surface area (Å²) in [5, 5.41) is 0. The molecule has 1 aromatic carbocycles. The smallest absolute Gasteiger partial charge is 0.320 e. The quantitative estimate of drug-likeness (QED) is 0.137. The lowest BCUT2D eigenvalue weighted by atomic mass is 10.1. The molecule has 1 aliphatic rings. The number of benzene rings is 1. The highest BCUT2D eigenvalue weighted by Crippen LogP contribution is 2.15. The Morgan fingerprint density at radius 3 is 2.23 bits per heavy atom. The van der Waals surface area contributed by atoms with Gasteiger partial charge in [-0.25, -0.2) is 9.97 Å². The molecular weight excluding hydrogens is 554 g/mol. The van der Waals surface area contributed by atoms with Crippen LogP contribution in [-0.4, -0.2) is 92.2 Å². The number of hydrogen-bond acceptors (Lipinski definition) is 8. The normalized spacial score (nSPS) is 15.2. The highest BCUT2D eigenvalue weighted by Gasteiger charge is 2.19. The highest BCUT2D eigenvalue weighted by atomic mass is 16.6. The van der Waals surface area contributed by atoms with Gasteiger partial charge in [0.15, 0.2) is 0 Å². The summed E-state index contributed by atoms with van der Waals surface area (Å²) in [7, 11) is 2.03. The van der Waals surface area contributed by atoms with Crippen molar-refractivity contribution in [3.05, 3.63) is 71.8 Å². The number of hydrogen-bond donors (Lipinski definition) is 1. The van der Waals surface area contributed by atoms with E-state index in [-0.39, 0.29) is 12.1 Å². The van der Waals surface area contributed by atoms with Gasteiger partial charge in [0.2, 0.25) is 0 Å². The number of carbonyl (C=O) groups is 1. The van der Waals surface area contributed by atoms with Gasteiger partial charge < -0.3 is 23.9 Å². The molecule has 1 N–H and O–H groups in total. The lowest BCUT2D eigenvalue weighted by Crippen LogP contribution is -2.33. The third kappa shape index (κ3) is 11.8. The number of aryl methyl sites for hydroxylation is 1. The van der Waals surface area contributed by atoms with Crippen molar-refractivity contribution in [2.24, 2.45) is 7.05 Å². The molecule has 242 valence electrons. The maximum absolute atomic E-state index is 12.8. The van der Waals surface area contributed by atoms with Gasteiger partial charge in [-0.1, -0.05) is 38.1 Å². The van der Waals surface area contributed by atoms with Crippen LogP contribution in [0.5, 0.6) is 0 Å². The average molecular weight is 608 g/mol. The Morgan fingerprint density at radius 2 is 1.64 bits per heavy atom. The third-order valence-corrected chi connectivity index (χ3v) is 8.13. The first-order valence-electron chi connectivity index (χ1n) is 16.5. The Morgan fingerprint density at radius 1 is 0.932 bits per heavy atom. The molecule has 0 bridgehead atoms. The molecule has 1 fully saturated rings. The number of aromatic amines is 1. The van der Waals surface area contributed by atoms with Crippen LogP contribution in [0, 0.1) is 0 Å². The minimum atomic E-state index is -0.168. The van der Waals surface area contributed by atoms with Gasteiger partial charge in [0.1, 0.15) is 18.3 Å². The molecule has 44 heavy (non-hydrogen) atoms. The van der Waals surface area contributed by atoms with Gasteiger partial charge in [-0.3, -0.25) is 14.6 Å². The minimum Gasteiger partial charge on any atom is -0.462 e. The maximum atomic E-state index is 12.8. The van der Waals surface area contributed by atoms with E-state index in [0.717, 1.165) is 83.2 Å². The molecule has 0 spiro atoms. The third-order valence-electron chi connectivity index (χ3n) is 8.13. The monoisotopic (exact) mass is 607 g/mol. The zero-order chi connectivity index (χ0) is 31.0. The molecule has 3 aromatic rings. The predicted molar refractivity (Wildman–Crippen MR) is 173 cm³/mol. The first-order chi connectivity index (χ1) is 21.5. The molecule has 1 aliphatic heterocycles. The van der Waals surface area contributed by atoms with Crippen molar-refractivity contribution in [2.45, 2.75) is 84.7 Å². The Balaban J connectivity index is 1.34. The first-order valence-corrected chi connectivity index (χ1v) is 16.5. The summed E-state index contributed by atoms with van der Waals surface area (Å²) < 4.78 is 13.3. The lowest BCUT2D eigenvalue weighted by molar-refractivity contribution is -0.148. The Bertz CT molecular complexity index is 1190. The first kappa shape index (κ1) is 33.8. The van der Waals surface area contributed by atoms with Crippen LogP contribution in [0.25, 0.3) is 0 Å². The summed E-state index contributed by atoms with van der Waals surface area (Å²) in [5.74, 6) is 1.78. The Kier molecular flexibility index (Phi) is 14.4. The van der Waals surface area contributed by atoms with Crippen LogP contribution < -0.4 is 0 Å². The molecular formula is C34H53N7O3. The molecule has 10 nitrogen and oxygen atoms in total. The van der Waals surface area contributed by atoms with E-state index in [1.54, 1.807) is 6.20 Å². The van der Waals surface area contributed by atoms with Crippen LogP contribution in [0.3, 0.4) is 0 Å². The fourth-order valence-corrected chi connectivity index (χ4v) is 5.82. The Labute approximate surface area is 263 Å². The van der Waals surface area contributed by atoms with Crippen LogP contribution in [0.2, 0.25) is 0 Å². The molecule has 0 radical (unpaired) electrons. The summed E-state index contributed by atoms with van der Waals surface area (Å²) in [6, 6.07) is 8.78. The van der Waals surface area contributed by atoms with Gasteiger partial charge in [0.05, 0.1) is 25.7 Å². The van der Waals surface area contributed by atoms with Crippen LogP contribution in [0.15, 0.2) is 49.1 Å². The summed E-state index contributed by atoms with van der Waals surface area (Å²) in [6.45, 7) is 13.1.